The second-order valence-electron chi connectivity index (χ2n) is 8.83. The van der Waals surface area contributed by atoms with Crippen LogP contribution in [0.4, 0.5) is 0 Å². The molecule has 0 fully saturated rings. The molecule has 3 aromatic rings. The monoisotopic (exact) mass is 460 g/mol. The highest BCUT2D eigenvalue weighted by molar-refractivity contribution is 5.71. The zero-order chi connectivity index (χ0) is 24.2. The second-order valence-corrected chi connectivity index (χ2v) is 8.83. The molecule has 0 heterocycles. The smallest absolute Gasteiger partial charge is 0.306 e. The number of hydrogen-bond acceptors (Lipinski definition) is 3. The van der Waals surface area contributed by atoms with Gasteiger partial charge < -0.3 is 14.9 Å². The van der Waals surface area contributed by atoms with Crippen LogP contribution in [0.1, 0.15) is 62.7 Å². The predicted molar refractivity (Wildman–Crippen MR) is 137 cm³/mol. The van der Waals surface area contributed by atoms with E-state index < -0.39 is 18.0 Å². The molecule has 0 bridgehead atoms. The minimum atomic E-state index is -0.853. The third-order valence-electron chi connectivity index (χ3n) is 6.22. The van der Waals surface area contributed by atoms with Crippen LogP contribution in [-0.2, 0) is 11.2 Å². The van der Waals surface area contributed by atoms with Gasteiger partial charge in [-0.2, -0.15) is 0 Å². The SMILES string of the molecule is CCCCCOc1ccc(-c2ccccc2C(O)CC(CCCc2ccccc2)C(=O)O)cc1. The standard InChI is InChI=1S/C30H36O4/c1-2-3-9-21-34-26-19-17-24(18-20-26)27-15-7-8-16-28(27)29(31)22-25(30(32)33)14-10-13-23-11-5-4-6-12-23/h4-8,11-12,15-20,25,29,31H,2-3,9-10,13-14,21-22H2,1H3,(H,32,33). The number of aryl methyl sites for hydroxylation is 1. The first kappa shape index (κ1) is 25.5. The summed E-state index contributed by atoms with van der Waals surface area (Å²) in [5.41, 5.74) is 3.86. The van der Waals surface area contributed by atoms with Crippen LogP contribution in [0, 0.1) is 5.92 Å². The summed E-state index contributed by atoms with van der Waals surface area (Å²) in [6, 6.07) is 25.7. The number of hydrogen-bond donors (Lipinski definition) is 2. The molecule has 2 atom stereocenters. The predicted octanol–water partition coefficient (Wildman–Crippen LogP) is 7.07. The van der Waals surface area contributed by atoms with Crippen LogP contribution >= 0.6 is 0 Å². The quantitative estimate of drug-likeness (QED) is 0.253. The van der Waals surface area contributed by atoms with Gasteiger partial charge in [0.15, 0.2) is 0 Å². The number of benzene rings is 3. The summed E-state index contributed by atoms with van der Waals surface area (Å²) in [5.74, 6) is -0.609. The summed E-state index contributed by atoms with van der Waals surface area (Å²) < 4.78 is 5.81. The average Bonchev–Trinajstić information content (AvgIpc) is 2.87. The highest BCUT2D eigenvalue weighted by atomic mass is 16.5. The van der Waals surface area contributed by atoms with Crippen molar-refractivity contribution >= 4 is 5.97 Å². The van der Waals surface area contributed by atoms with Gasteiger partial charge in [0.2, 0.25) is 0 Å². The van der Waals surface area contributed by atoms with E-state index in [-0.39, 0.29) is 6.42 Å². The molecule has 0 aromatic heterocycles. The molecule has 3 aromatic carbocycles. The lowest BCUT2D eigenvalue weighted by Crippen LogP contribution is -2.18. The Balaban J connectivity index is 1.64. The van der Waals surface area contributed by atoms with E-state index in [1.807, 2.05) is 66.7 Å². The second kappa shape index (κ2) is 13.6. The molecule has 2 unspecified atom stereocenters. The van der Waals surface area contributed by atoms with Gasteiger partial charge in [-0.25, -0.2) is 0 Å². The molecule has 0 saturated carbocycles. The average molecular weight is 461 g/mol. The van der Waals surface area contributed by atoms with Crippen molar-refractivity contribution in [2.45, 2.75) is 58.0 Å². The van der Waals surface area contributed by atoms with Crippen LogP contribution in [0.15, 0.2) is 78.9 Å². The lowest BCUT2D eigenvalue weighted by Gasteiger charge is -2.20. The van der Waals surface area contributed by atoms with Crippen molar-refractivity contribution in [1.82, 2.24) is 0 Å². The lowest BCUT2D eigenvalue weighted by atomic mass is 9.88. The maximum atomic E-state index is 11.9. The van der Waals surface area contributed by atoms with Crippen molar-refractivity contribution < 1.29 is 19.7 Å². The Morgan fingerprint density at radius 2 is 1.59 bits per heavy atom. The van der Waals surface area contributed by atoms with Crippen LogP contribution in [-0.4, -0.2) is 22.8 Å². The van der Waals surface area contributed by atoms with Crippen molar-refractivity contribution in [1.29, 1.82) is 0 Å². The van der Waals surface area contributed by atoms with E-state index >= 15 is 0 Å². The van der Waals surface area contributed by atoms with E-state index in [2.05, 4.69) is 19.1 Å². The van der Waals surface area contributed by atoms with Crippen LogP contribution in [0.5, 0.6) is 5.75 Å². The van der Waals surface area contributed by atoms with Crippen LogP contribution in [0.3, 0.4) is 0 Å². The van der Waals surface area contributed by atoms with Gasteiger partial charge in [-0.3, -0.25) is 4.79 Å². The molecule has 3 rings (SSSR count). The molecule has 0 aliphatic rings. The van der Waals surface area contributed by atoms with Crippen molar-refractivity contribution in [3.63, 3.8) is 0 Å². The summed E-state index contributed by atoms with van der Waals surface area (Å²) in [6.07, 6.45) is 4.86. The zero-order valence-electron chi connectivity index (χ0n) is 20.0. The summed E-state index contributed by atoms with van der Waals surface area (Å²) in [4.78, 5) is 11.9. The van der Waals surface area contributed by atoms with E-state index in [0.29, 0.717) is 13.0 Å². The summed E-state index contributed by atoms with van der Waals surface area (Å²) in [5, 5.41) is 20.8. The first-order chi connectivity index (χ1) is 16.6. The largest absolute Gasteiger partial charge is 0.494 e. The Morgan fingerprint density at radius 3 is 2.29 bits per heavy atom. The van der Waals surface area contributed by atoms with E-state index in [1.165, 1.54) is 5.56 Å². The van der Waals surface area contributed by atoms with Crippen LogP contribution in [0.25, 0.3) is 11.1 Å². The molecular weight excluding hydrogens is 424 g/mol. The number of unbranched alkanes of at least 4 members (excludes halogenated alkanes) is 2. The third kappa shape index (κ3) is 7.74. The zero-order valence-corrected chi connectivity index (χ0v) is 20.0. The minimum Gasteiger partial charge on any atom is -0.494 e. The molecule has 4 heteroatoms. The van der Waals surface area contributed by atoms with E-state index in [0.717, 1.165) is 54.5 Å². The van der Waals surface area contributed by atoms with E-state index in [9.17, 15) is 15.0 Å². The molecule has 0 radical (unpaired) electrons. The topological polar surface area (TPSA) is 66.8 Å². The van der Waals surface area contributed by atoms with Crippen molar-refractivity contribution in [2.75, 3.05) is 6.61 Å². The van der Waals surface area contributed by atoms with Gasteiger partial charge in [-0.15, -0.1) is 0 Å². The Kier molecular flexibility index (Phi) is 10.2. The van der Waals surface area contributed by atoms with E-state index in [1.54, 1.807) is 0 Å². The van der Waals surface area contributed by atoms with Crippen molar-refractivity contribution in [3.05, 3.63) is 90.0 Å². The van der Waals surface area contributed by atoms with Crippen molar-refractivity contribution in [2.24, 2.45) is 5.92 Å². The normalized spacial score (nSPS) is 12.8. The Bertz CT molecular complexity index is 998. The first-order valence-electron chi connectivity index (χ1n) is 12.4. The molecule has 0 amide bonds. The summed E-state index contributed by atoms with van der Waals surface area (Å²) >= 11 is 0. The fourth-order valence-corrected chi connectivity index (χ4v) is 4.26. The highest BCUT2D eigenvalue weighted by Gasteiger charge is 2.23. The third-order valence-corrected chi connectivity index (χ3v) is 6.22. The van der Waals surface area contributed by atoms with Gasteiger partial charge in [0, 0.05) is 0 Å². The number of carboxylic acids is 1. The van der Waals surface area contributed by atoms with Crippen molar-refractivity contribution in [3.8, 4) is 16.9 Å². The number of aliphatic carboxylic acids is 1. The van der Waals surface area contributed by atoms with Gasteiger partial charge in [0.05, 0.1) is 18.6 Å². The van der Waals surface area contributed by atoms with Gasteiger partial charge in [-0.1, -0.05) is 86.5 Å². The molecule has 0 saturated heterocycles. The molecule has 0 aliphatic heterocycles. The number of aliphatic hydroxyl groups excluding tert-OH is 1. The summed E-state index contributed by atoms with van der Waals surface area (Å²) in [7, 11) is 0. The minimum absolute atomic E-state index is 0.194. The number of carboxylic acid groups (broad SMARTS) is 1. The lowest BCUT2D eigenvalue weighted by molar-refractivity contribution is -0.143. The van der Waals surface area contributed by atoms with Crippen LogP contribution in [0.2, 0.25) is 0 Å². The molecule has 4 nitrogen and oxygen atoms in total. The number of aliphatic hydroxyl groups is 1. The van der Waals surface area contributed by atoms with Gasteiger partial charge in [0.1, 0.15) is 5.75 Å². The molecule has 0 aliphatic carbocycles. The molecular formula is C30H36O4. The first-order valence-corrected chi connectivity index (χ1v) is 12.4. The maximum absolute atomic E-state index is 11.9. The molecule has 34 heavy (non-hydrogen) atoms. The number of rotatable bonds is 14. The molecule has 2 N–H and O–H groups in total. The number of ether oxygens (including phenoxy) is 1. The Hall–Kier alpha value is -3.11. The van der Waals surface area contributed by atoms with E-state index in [4.69, 9.17) is 4.74 Å². The number of carbonyl (C=O) groups is 1. The summed E-state index contributed by atoms with van der Waals surface area (Å²) in [6.45, 7) is 2.88. The van der Waals surface area contributed by atoms with Gasteiger partial charge >= 0.3 is 5.97 Å². The fraction of sp³-hybridized carbons (Fsp3) is 0.367. The Labute approximate surface area is 203 Å². The van der Waals surface area contributed by atoms with Crippen LogP contribution < -0.4 is 4.74 Å². The fourth-order valence-electron chi connectivity index (χ4n) is 4.26. The maximum Gasteiger partial charge on any atom is 0.306 e. The Morgan fingerprint density at radius 1 is 0.882 bits per heavy atom. The molecule has 0 spiro atoms. The van der Waals surface area contributed by atoms with Gasteiger partial charge in [-0.05, 0) is 66.5 Å². The highest BCUT2D eigenvalue weighted by Crippen LogP contribution is 2.33. The molecule has 180 valence electrons. The van der Waals surface area contributed by atoms with Gasteiger partial charge in [0.25, 0.3) is 0 Å².